The minimum Gasteiger partial charge on any atom is -0.195 e. The summed E-state index contributed by atoms with van der Waals surface area (Å²) < 4.78 is 31.6. The number of unbranched alkanes of at least 4 members (excludes halogenated alkanes) is 20. The number of nitrogens with zero attached hydrogens (tertiary/aromatic N) is 2. The van der Waals surface area contributed by atoms with Crippen LogP contribution in [0.2, 0.25) is 0 Å². The van der Waals surface area contributed by atoms with E-state index in [1.807, 2.05) is 8.61 Å². The molecule has 0 spiro atoms. The summed E-state index contributed by atoms with van der Waals surface area (Å²) in [4.78, 5) is 0. The van der Waals surface area contributed by atoms with Crippen LogP contribution in [0.5, 0.6) is 0 Å². The van der Waals surface area contributed by atoms with E-state index in [-0.39, 0.29) is 0 Å². The van der Waals surface area contributed by atoms with Gasteiger partial charge in [-0.3, -0.25) is 0 Å². The Hall–Kier alpha value is -0.130. The molecule has 0 aromatic heterocycles. The van der Waals surface area contributed by atoms with Gasteiger partial charge in [-0.2, -0.15) is 17.0 Å². The van der Waals surface area contributed by atoms with Crippen LogP contribution in [0, 0.1) is 0 Å². The maximum absolute atomic E-state index is 13.9. The fourth-order valence-corrected chi connectivity index (χ4v) is 6.89. The monoisotopic (exact) mass is 545 g/mol. The zero-order valence-corrected chi connectivity index (χ0v) is 26.7. The summed E-state index contributed by atoms with van der Waals surface area (Å²) in [7, 11) is -3.39. The van der Waals surface area contributed by atoms with Gasteiger partial charge in [0.15, 0.2) is 0 Å². The van der Waals surface area contributed by atoms with Crippen LogP contribution >= 0.6 is 0 Å². The first kappa shape index (κ1) is 36.9. The summed E-state index contributed by atoms with van der Waals surface area (Å²) in [6, 6.07) is 0. The van der Waals surface area contributed by atoms with Crippen LogP contribution in [-0.4, -0.2) is 43.2 Å². The largest absolute Gasteiger partial charge is 0.281 e. The van der Waals surface area contributed by atoms with Crippen molar-refractivity contribution in [1.29, 1.82) is 0 Å². The summed E-state index contributed by atoms with van der Waals surface area (Å²) in [5, 5.41) is 0. The molecule has 4 nitrogen and oxygen atoms in total. The summed E-state index contributed by atoms with van der Waals surface area (Å²) in [5.41, 5.74) is 0. The molecule has 0 rings (SSSR count). The Morgan fingerprint density at radius 3 is 0.730 bits per heavy atom. The van der Waals surface area contributed by atoms with Gasteiger partial charge in [-0.25, -0.2) is 0 Å². The average molecular weight is 545 g/mol. The van der Waals surface area contributed by atoms with Gasteiger partial charge < -0.3 is 0 Å². The Morgan fingerprint density at radius 1 is 0.324 bits per heavy atom. The third-order valence-corrected chi connectivity index (χ3v) is 9.73. The predicted octanol–water partition coefficient (Wildman–Crippen LogP) is 10.3. The van der Waals surface area contributed by atoms with Gasteiger partial charge in [0, 0.05) is 26.2 Å². The fourth-order valence-electron chi connectivity index (χ4n) is 5.12. The van der Waals surface area contributed by atoms with Crippen LogP contribution in [0.3, 0.4) is 0 Å². The first-order valence-electron chi connectivity index (χ1n) is 16.8. The minimum absolute atomic E-state index is 0.701. The third-order valence-electron chi connectivity index (χ3n) is 7.70. The first-order chi connectivity index (χ1) is 18.0. The molecular formula is C32H68N2O2S. The molecule has 37 heavy (non-hydrogen) atoms. The standard InChI is InChI=1S/C32H68N2O2S/c1-5-9-13-17-21-25-29-33(30-26-22-18-14-10-6-2)37(35,36)34(31-27-23-19-15-11-7-3)32-28-24-20-16-12-8-4/h5-32H2,1-4H3. The molecule has 0 aliphatic rings. The predicted molar refractivity (Wildman–Crippen MR) is 166 cm³/mol. The molecule has 0 N–H and O–H groups in total. The maximum Gasteiger partial charge on any atom is 0.281 e. The van der Waals surface area contributed by atoms with E-state index in [1.165, 1.54) is 103 Å². The lowest BCUT2D eigenvalue weighted by Gasteiger charge is -2.30. The molecular weight excluding hydrogens is 476 g/mol. The van der Waals surface area contributed by atoms with Crippen molar-refractivity contribution in [2.75, 3.05) is 26.2 Å². The van der Waals surface area contributed by atoms with Crippen LogP contribution < -0.4 is 0 Å². The zero-order valence-electron chi connectivity index (χ0n) is 25.9. The SMILES string of the molecule is CCCCCCCCN(CCCCCCCC)S(=O)(=O)N(CCCCCCCC)CCCCCCCC. The van der Waals surface area contributed by atoms with Gasteiger partial charge in [-0.1, -0.05) is 156 Å². The number of rotatable bonds is 30. The molecule has 0 heterocycles. The molecule has 0 bridgehead atoms. The Bertz CT molecular complexity index is 479. The highest BCUT2D eigenvalue weighted by Gasteiger charge is 2.28. The van der Waals surface area contributed by atoms with Crippen molar-refractivity contribution in [3.63, 3.8) is 0 Å². The molecule has 0 aliphatic heterocycles. The van der Waals surface area contributed by atoms with Crippen molar-refractivity contribution in [2.45, 2.75) is 182 Å². The van der Waals surface area contributed by atoms with Gasteiger partial charge in [0.1, 0.15) is 0 Å². The van der Waals surface area contributed by atoms with E-state index in [1.54, 1.807) is 0 Å². The summed E-state index contributed by atoms with van der Waals surface area (Å²) in [5.74, 6) is 0. The van der Waals surface area contributed by atoms with E-state index in [2.05, 4.69) is 27.7 Å². The second-order valence-corrected chi connectivity index (χ2v) is 13.3. The van der Waals surface area contributed by atoms with Crippen molar-refractivity contribution in [3.05, 3.63) is 0 Å². The molecule has 0 fully saturated rings. The van der Waals surface area contributed by atoms with Crippen molar-refractivity contribution >= 4 is 10.2 Å². The molecule has 0 saturated heterocycles. The van der Waals surface area contributed by atoms with Crippen LogP contribution in [0.25, 0.3) is 0 Å². The van der Waals surface area contributed by atoms with Crippen molar-refractivity contribution in [1.82, 2.24) is 8.61 Å². The molecule has 0 amide bonds. The molecule has 0 saturated carbocycles. The Balaban J connectivity index is 5.07. The summed E-state index contributed by atoms with van der Waals surface area (Å²) in [6.07, 6.45) is 28.9. The highest BCUT2D eigenvalue weighted by molar-refractivity contribution is 7.86. The van der Waals surface area contributed by atoms with Crippen LogP contribution in [0.15, 0.2) is 0 Å². The second kappa shape index (κ2) is 27.4. The van der Waals surface area contributed by atoms with Gasteiger partial charge in [-0.15, -0.1) is 0 Å². The zero-order chi connectivity index (χ0) is 27.5. The van der Waals surface area contributed by atoms with E-state index in [0.717, 1.165) is 51.4 Å². The van der Waals surface area contributed by atoms with Gasteiger partial charge >= 0.3 is 0 Å². The molecule has 0 aromatic rings. The van der Waals surface area contributed by atoms with E-state index >= 15 is 0 Å². The van der Waals surface area contributed by atoms with Gasteiger partial charge in [-0.05, 0) is 25.7 Å². The van der Waals surface area contributed by atoms with Crippen LogP contribution in [0.4, 0.5) is 0 Å². The highest BCUT2D eigenvalue weighted by Crippen LogP contribution is 2.18. The molecule has 0 atom stereocenters. The molecule has 5 heteroatoms. The lowest BCUT2D eigenvalue weighted by molar-refractivity contribution is 0.315. The van der Waals surface area contributed by atoms with Gasteiger partial charge in [0.2, 0.25) is 0 Å². The van der Waals surface area contributed by atoms with Crippen molar-refractivity contribution in [2.24, 2.45) is 0 Å². The normalized spacial score (nSPS) is 12.3. The molecule has 0 aliphatic carbocycles. The van der Waals surface area contributed by atoms with Crippen LogP contribution in [-0.2, 0) is 10.2 Å². The van der Waals surface area contributed by atoms with Gasteiger partial charge in [0.05, 0.1) is 0 Å². The fraction of sp³-hybridized carbons (Fsp3) is 1.00. The molecule has 0 radical (unpaired) electrons. The van der Waals surface area contributed by atoms with Crippen molar-refractivity contribution < 1.29 is 8.42 Å². The summed E-state index contributed by atoms with van der Waals surface area (Å²) >= 11 is 0. The smallest absolute Gasteiger partial charge is 0.195 e. The Labute approximate surface area is 234 Å². The lowest BCUT2D eigenvalue weighted by atomic mass is 10.1. The maximum atomic E-state index is 13.9. The first-order valence-corrected chi connectivity index (χ1v) is 18.2. The lowest BCUT2D eigenvalue weighted by Crippen LogP contribution is -2.45. The van der Waals surface area contributed by atoms with E-state index in [0.29, 0.717) is 26.2 Å². The molecule has 0 unspecified atom stereocenters. The second-order valence-electron chi connectivity index (χ2n) is 11.4. The van der Waals surface area contributed by atoms with E-state index in [9.17, 15) is 8.42 Å². The number of hydrogen-bond donors (Lipinski definition) is 0. The molecule has 224 valence electrons. The van der Waals surface area contributed by atoms with E-state index < -0.39 is 10.2 Å². The Kier molecular flexibility index (Phi) is 27.3. The number of hydrogen-bond acceptors (Lipinski definition) is 2. The average Bonchev–Trinajstić information content (AvgIpc) is 2.89. The van der Waals surface area contributed by atoms with E-state index in [4.69, 9.17) is 0 Å². The van der Waals surface area contributed by atoms with Crippen LogP contribution in [0.1, 0.15) is 182 Å². The summed E-state index contributed by atoms with van der Waals surface area (Å²) in [6.45, 7) is 11.8. The third kappa shape index (κ3) is 21.4. The quantitative estimate of drug-likeness (QED) is 0.0844. The topological polar surface area (TPSA) is 40.6 Å². The Morgan fingerprint density at radius 2 is 0.514 bits per heavy atom. The molecule has 0 aromatic carbocycles. The minimum atomic E-state index is -3.39. The van der Waals surface area contributed by atoms with Crippen molar-refractivity contribution in [3.8, 4) is 0 Å². The highest BCUT2D eigenvalue weighted by atomic mass is 32.2. The van der Waals surface area contributed by atoms with Gasteiger partial charge in [0.25, 0.3) is 10.2 Å².